The van der Waals surface area contributed by atoms with Crippen molar-refractivity contribution in [3.63, 3.8) is 0 Å². The van der Waals surface area contributed by atoms with Gasteiger partial charge < -0.3 is 10.6 Å². The summed E-state index contributed by atoms with van der Waals surface area (Å²) >= 11 is 0. The first-order chi connectivity index (χ1) is 8.56. The van der Waals surface area contributed by atoms with Crippen LogP contribution in [-0.2, 0) is 9.59 Å². The Bertz CT molecular complexity index is 481. The van der Waals surface area contributed by atoms with Gasteiger partial charge in [-0.1, -0.05) is 0 Å². The van der Waals surface area contributed by atoms with Gasteiger partial charge in [0.05, 0.1) is 5.92 Å². The second kappa shape index (κ2) is 5.12. The number of amides is 2. The third-order valence-electron chi connectivity index (χ3n) is 2.82. The minimum atomic E-state index is -1.01. The fourth-order valence-electron chi connectivity index (χ4n) is 1.77. The van der Waals surface area contributed by atoms with E-state index in [0.717, 1.165) is 12.1 Å². The van der Waals surface area contributed by atoms with E-state index >= 15 is 0 Å². The molecule has 0 bridgehead atoms. The van der Waals surface area contributed by atoms with Gasteiger partial charge in [-0.2, -0.15) is 0 Å². The predicted octanol–water partition coefficient (Wildman–Crippen LogP) is 1.43. The van der Waals surface area contributed by atoms with Crippen LogP contribution in [0.2, 0.25) is 0 Å². The number of rotatable bonds is 2. The lowest BCUT2D eigenvalue weighted by Gasteiger charge is -2.21. The highest BCUT2D eigenvalue weighted by Gasteiger charge is 2.24. The summed E-state index contributed by atoms with van der Waals surface area (Å²) in [6.45, 7) is 0.272. The molecule has 0 radical (unpaired) electrons. The molecule has 1 aliphatic heterocycles. The summed E-state index contributed by atoms with van der Waals surface area (Å²) in [5.41, 5.74) is 0.204. The maximum absolute atomic E-state index is 12.9. The molecule has 0 spiro atoms. The number of carbonyl (C=O) groups excluding carboxylic acids is 2. The van der Waals surface area contributed by atoms with Crippen LogP contribution in [-0.4, -0.2) is 18.4 Å². The van der Waals surface area contributed by atoms with Crippen LogP contribution < -0.4 is 10.6 Å². The van der Waals surface area contributed by atoms with Gasteiger partial charge in [0.2, 0.25) is 11.8 Å². The second-order valence-electron chi connectivity index (χ2n) is 4.16. The van der Waals surface area contributed by atoms with Crippen molar-refractivity contribution in [2.45, 2.75) is 12.8 Å². The van der Waals surface area contributed by atoms with Crippen molar-refractivity contribution >= 4 is 17.5 Å². The molecule has 0 aliphatic carbocycles. The predicted molar refractivity (Wildman–Crippen MR) is 60.7 cm³/mol. The molecule has 1 unspecified atom stereocenters. The molecular formula is C12H12F2N2O2. The van der Waals surface area contributed by atoms with E-state index in [4.69, 9.17) is 0 Å². The SMILES string of the molecule is O=C1CCC(C(=O)Nc2ccc(F)c(F)c2)CN1. The molecule has 6 heteroatoms. The summed E-state index contributed by atoms with van der Waals surface area (Å²) in [5, 5.41) is 5.08. The number of piperidine rings is 1. The van der Waals surface area contributed by atoms with Crippen LogP contribution in [0.3, 0.4) is 0 Å². The summed E-state index contributed by atoms with van der Waals surface area (Å²) in [7, 11) is 0. The van der Waals surface area contributed by atoms with Crippen LogP contribution in [0.25, 0.3) is 0 Å². The molecular weight excluding hydrogens is 242 g/mol. The summed E-state index contributed by atoms with van der Waals surface area (Å²) < 4.78 is 25.6. The largest absolute Gasteiger partial charge is 0.355 e. The van der Waals surface area contributed by atoms with E-state index in [9.17, 15) is 18.4 Å². The van der Waals surface area contributed by atoms with Gasteiger partial charge in [-0.05, 0) is 18.6 Å². The Morgan fingerprint density at radius 3 is 2.72 bits per heavy atom. The quantitative estimate of drug-likeness (QED) is 0.838. The van der Waals surface area contributed by atoms with Gasteiger partial charge >= 0.3 is 0 Å². The summed E-state index contributed by atoms with van der Waals surface area (Å²) in [4.78, 5) is 22.7. The Kier molecular flexibility index (Phi) is 3.55. The van der Waals surface area contributed by atoms with Crippen molar-refractivity contribution in [1.82, 2.24) is 5.32 Å². The summed E-state index contributed by atoms with van der Waals surface area (Å²) in [6.07, 6.45) is 0.761. The lowest BCUT2D eigenvalue weighted by atomic mass is 9.98. The van der Waals surface area contributed by atoms with Crippen molar-refractivity contribution in [3.05, 3.63) is 29.8 Å². The van der Waals surface area contributed by atoms with Gasteiger partial charge in [0.1, 0.15) is 0 Å². The van der Waals surface area contributed by atoms with Crippen LogP contribution in [0.1, 0.15) is 12.8 Å². The normalized spacial score (nSPS) is 19.2. The van der Waals surface area contributed by atoms with Gasteiger partial charge in [0, 0.05) is 24.7 Å². The van der Waals surface area contributed by atoms with Crippen molar-refractivity contribution < 1.29 is 18.4 Å². The molecule has 1 aromatic rings. The van der Waals surface area contributed by atoms with E-state index in [2.05, 4.69) is 10.6 Å². The fraction of sp³-hybridized carbons (Fsp3) is 0.333. The summed E-state index contributed by atoms with van der Waals surface area (Å²) in [6, 6.07) is 3.17. The Morgan fingerprint density at radius 1 is 1.33 bits per heavy atom. The lowest BCUT2D eigenvalue weighted by molar-refractivity contribution is -0.126. The molecule has 18 heavy (non-hydrogen) atoms. The molecule has 2 rings (SSSR count). The number of benzene rings is 1. The highest BCUT2D eigenvalue weighted by atomic mass is 19.2. The van der Waals surface area contributed by atoms with E-state index in [0.29, 0.717) is 12.8 Å². The maximum atomic E-state index is 12.9. The molecule has 1 saturated heterocycles. The van der Waals surface area contributed by atoms with E-state index in [1.807, 2.05) is 0 Å². The van der Waals surface area contributed by atoms with Gasteiger partial charge in [-0.25, -0.2) is 8.78 Å². The molecule has 1 aromatic carbocycles. The highest BCUT2D eigenvalue weighted by Crippen LogP contribution is 2.16. The molecule has 0 aromatic heterocycles. The molecule has 0 saturated carbocycles. The van der Waals surface area contributed by atoms with Crippen molar-refractivity contribution in [3.8, 4) is 0 Å². The van der Waals surface area contributed by atoms with Gasteiger partial charge in [-0.15, -0.1) is 0 Å². The van der Waals surface area contributed by atoms with Crippen molar-refractivity contribution in [2.75, 3.05) is 11.9 Å². The third kappa shape index (κ3) is 2.82. The first-order valence-electron chi connectivity index (χ1n) is 5.59. The van der Waals surface area contributed by atoms with Gasteiger partial charge in [0.25, 0.3) is 0 Å². The molecule has 4 nitrogen and oxygen atoms in total. The van der Waals surface area contributed by atoms with Crippen LogP contribution >= 0.6 is 0 Å². The zero-order valence-electron chi connectivity index (χ0n) is 9.50. The van der Waals surface area contributed by atoms with Crippen LogP contribution in [0.4, 0.5) is 14.5 Å². The Morgan fingerprint density at radius 2 is 2.11 bits per heavy atom. The monoisotopic (exact) mass is 254 g/mol. The minimum Gasteiger partial charge on any atom is -0.355 e. The second-order valence-corrected chi connectivity index (χ2v) is 4.16. The van der Waals surface area contributed by atoms with Gasteiger partial charge in [0.15, 0.2) is 11.6 Å². The Hall–Kier alpha value is -1.98. The van der Waals surface area contributed by atoms with Gasteiger partial charge in [-0.3, -0.25) is 9.59 Å². The first kappa shape index (κ1) is 12.5. The Balaban J connectivity index is 1.98. The standard InChI is InChI=1S/C12H12F2N2O2/c13-9-3-2-8(5-10(9)14)16-12(18)7-1-4-11(17)15-6-7/h2-3,5,7H,1,4,6H2,(H,15,17)(H,16,18). The van der Waals surface area contributed by atoms with Crippen LogP contribution in [0, 0.1) is 17.6 Å². The third-order valence-corrected chi connectivity index (χ3v) is 2.82. The van der Waals surface area contributed by atoms with Crippen molar-refractivity contribution in [1.29, 1.82) is 0 Å². The molecule has 96 valence electrons. The highest BCUT2D eigenvalue weighted by molar-refractivity contribution is 5.94. The zero-order chi connectivity index (χ0) is 13.1. The molecule has 1 atom stereocenters. The molecule has 1 heterocycles. The average Bonchev–Trinajstić information content (AvgIpc) is 2.34. The molecule has 1 aliphatic rings. The number of anilines is 1. The summed E-state index contributed by atoms with van der Waals surface area (Å²) in [5.74, 6) is -2.69. The number of hydrogen-bond acceptors (Lipinski definition) is 2. The molecule has 2 amide bonds. The van der Waals surface area contributed by atoms with E-state index in [-0.39, 0.29) is 30.0 Å². The van der Waals surface area contributed by atoms with Crippen molar-refractivity contribution in [2.24, 2.45) is 5.92 Å². The zero-order valence-corrected chi connectivity index (χ0v) is 9.50. The number of hydrogen-bond donors (Lipinski definition) is 2. The van der Waals surface area contributed by atoms with E-state index in [1.54, 1.807) is 0 Å². The lowest BCUT2D eigenvalue weighted by Crippen LogP contribution is -2.40. The van der Waals surface area contributed by atoms with Crippen LogP contribution in [0.5, 0.6) is 0 Å². The maximum Gasteiger partial charge on any atom is 0.229 e. The smallest absolute Gasteiger partial charge is 0.229 e. The van der Waals surface area contributed by atoms with Crippen LogP contribution in [0.15, 0.2) is 18.2 Å². The minimum absolute atomic E-state index is 0.0770. The number of nitrogens with one attached hydrogen (secondary N) is 2. The molecule has 1 fully saturated rings. The van der Waals surface area contributed by atoms with E-state index in [1.165, 1.54) is 6.07 Å². The number of carbonyl (C=O) groups is 2. The number of halogens is 2. The molecule has 2 N–H and O–H groups in total. The average molecular weight is 254 g/mol. The van der Waals surface area contributed by atoms with E-state index < -0.39 is 11.6 Å². The topological polar surface area (TPSA) is 58.2 Å². The first-order valence-corrected chi connectivity index (χ1v) is 5.59. The Labute approximate surface area is 102 Å². The fourth-order valence-corrected chi connectivity index (χ4v) is 1.77.